The maximum Gasteiger partial charge on any atom is 0.296 e. The maximum absolute atomic E-state index is 11.0. The van der Waals surface area contributed by atoms with Crippen LogP contribution in [0.1, 0.15) is 45.4 Å². The van der Waals surface area contributed by atoms with Gasteiger partial charge in [-0.3, -0.25) is 10.1 Å². The van der Waals surface area contributed by atoms with E-state index in [4.69, 9.17) is 4.74 Å². The number of phenolic OH excluding ortho intramolecular Hbond substituents is 1. The zero-order valence-corrected chi connectivity index (χ0v) is 15.5. The molecule has 2 rings (SSSR count). The predicted octanol–water partition coefficient (Wildman–Crippen LogP) is 6.46. The number of unbranched alkanes of at least 4 members (excludes halogenated alkanes) is 5. The Morgan fingerprint density at radius 1 is 1.00 bits per heavy atom. The van der Waals surface area contributed by atoms with Crippen molar-refractivity contribution in [1.82, 2.24) is 0 Å². The number of para-hydroxylation sites is 1. The van der Waals surface area contributed by atoms with Gasteiger partial charge in [-0.1, -0.05) is 51.2 Å². The lowest BCUT2D eigenvalue weighted by molar-refractivity contribution is -0.384. The second-order valence-electron chi connectivity index (χ2n) is 6.21. The number of nitro groups is 1. The summed E-state index contributed by atoms with van der Waals surface area (Å²) < 4.78 is 5.64. The lowest BCUT2D eigenvalue weighted by Gasteiger charge is -2.07. The molecule has 0 spiro atoms. The lowest BCUT2D eigenvalue weighted by atomic mass is 10.1. The summed E-state index contributed by atoms with van der Waals surface area (Å²) in [5, 5.41) is 28.9. The minimum absolute atomic E-state index is 0.0854. The van der Waals surface area contributed by atoms with E-state index < -0.39 is 4.92 Å². The second-order valence-corrected chi connectivity index (χ2v) is 6.21. The smallest absolute Gasteiger partial charge is 0.296 e. The highest BCUT2D eigenvalue weighted by atomic mass is 16.6. The van der Waals surface area contributed by atoms with Crippen LogP contribution in [0.5, 0.6) is 11.5 Å². The Balaban J connectivity index is 1.90. The molecule has 27 heavy (non-hydrogen) atoms. The Bertz CT molecular complexity index is 778. The van der Waals surface area contributed by atoms with E-state index in [9.17, 15) is 15.2 Å². The molecular weight excluding hydrogens is 346 g/mol. The van der Waals surface area contributed by atoms with Crippen molar-refractivity contribution < 1.29 is 14.8 Å². The van der Waals surface area contributed by atoms with Crippen molar-refractivity contribution in [2.75, 3.05) is 6.61 Å². The van der Waals surface area contributed by atoms with E-state index in [1.807, 2.05) is 0 Å². The van der Waals surface area contributed by atoms with Crippen LogP contribution in [0, 0.1) is 10.1 Å². The van der Waals surface area contributed by atoms with E-state index in [0.717, 1.165) is 12.8 Å². The van der Waals surface area contributed by atoms with Gasteiger partial charge < -0.3 is 9.84 Å². The minimum atomic E-state index is -0.520. The van der Waals surface area contributed by atoms with Crippen molar-refractivity contribution in [3.63, 3.8) is 0 Å². The summed E-state index contributed by atoms with van der Waals surface area (Å²) in [7, 11) is 0. The third kappa shape index (κ3) is 6.69. The van der Waals surface area contributed by atoms with Crippen molar-refractivity contribution in [2.45, 2.75) is 45.4 Å². The van der Waals surface area contributed by atoms with Gasteiger partial charge in [0.05, 0.1) is 11.5 Å². The number of ether oxygens (including phenoxy) is 1. The zero-order valence-electron chi connectivity index (χ0n) is 15.5. The number of phenols is 1. The number of aromatic hydroxyl groups is 1. The molecule has 0 aliphatic carbocycles. The topological polar surface area (TPSA) is 97.3 Å². The molecule has 0 aliphatic heterocycles. The molecule has 0 saturated heterocycles. The first-order valence-corrected chi connectivity index (χ1v) is 9.22. The fourth-order valence-corrected chi connectivity index (χ4v) is 2.56. The summed E-state index contributed by atoms with van der Waals surface area (Å²) in [6.45, 7) is 2.79. The number of hydrogen-bond acceptors (Lipinski definition) is 6. The highest BCUT2D eigenvalue weighted by Gasteiger charge is 2.12. The Morgan fingerprint density at radius 3 is 2.44 bits per heavy atom. The molecule has 7 heteroatoms. The van der Waals surface area contributed by atoms with Gasteiger partial charge in [-0.05, 0) is 24.6 Å². The van der Waals surface area contributed by atoms with Gasteiger partial charge in [0.1, 0.15) is 17.2 Å². The third-order valence-electron chi connectivity index (χ3n) is 4.06. The van der Waals surface area contributed by atoms with E-state index >= 15 is 0 Å². The molecule has 7 nitrogen and oxygen atoms in total. The third-order valence-corrected chi connectivity index (χ3v) is 4.06. The average molecular weight is 371 g/mol. The molecule has 0 unspecified atom stereocenters. The highest BCUT2D eigenvalue weighted by Crippen LogP contribution is 2.33. The molecule has 1 N–H and O–H groups in total. The number of azo groups is 1. The van der Waals surface area contributed by atoms with Gasteiger partial charge in [0.25, 0.3) is 5.69 Å². The van der Waals surface area contributed by atoms with Gasteiger partial charge in [-0.25, -0.2) is 0 Å². The first-order valence-electron chi connectivity index (χ1n) is 9.22. The summed E-state index contributed by atoms with van der Waals surface area (Å²) in [5.74, 6) is 0.475. The monoisotopic (exact) mass is 371 g/mol. The summed E-state index contributed by atoms with van der Waals surface area (Å²) >= 11 is 0. The fraction of sp³-hybridized carbons (Fsp3) is 0.400. The van der Waals surface area contributed by atoms with Crippen LogP contribution in [-0.2, 0) is 0 Å². The molecule has 0 fully saturated rings. The molecule has 2 aromatic carbocycles. The van der Waals surface area contributed by atoms with Gasteiger partial charge >= 0.3 is 0 Å². The van der Waals surface area contributed by atoms with Gasteiger partial charge in [-0.15, -0.1) is 10.2 Å². The summed E-state index contributed by atoms with van der Waals surface area (Å²) in [6.07, 6.45) is 7.09. The predicted molar refractivity (Wildman–Crippen MR) is 104 cm³/mol. The van der Waals surface area contributed by atoms with Gasteiger partial charge in [0, 0.05) is 12.1 Å². The summed E-state index contributed by atoms with van der Waals surface area (Å²) in [6, 6.07) is 10.8. The zero-order chi connectivity index (χ0) is 19.5. The van der Waals surface area contributed by atoms with Crippen molar-refractivity contribution in [3.8, 4) is 11.5 Å². The number of nitro benzene ring substituents is 1. The Kier molecular flexibility index (Phi) is 8.22. The van der Waals surface area contributed by atoms with Crippen LogP contribution >= 0.6 is 0 Å². The molecule has 0 amide bonds. The fourth-order valence-electron chi connectivity index (χ4n) is 2.56. The molecule has 144 valence electrons. The lowest BCUT2D eigenvalue weighted by Crippen LogP contribution is -1.97. The van der Waals surface area contributed by atoms with Crippen LogP contribution < -0.4 is 4.74 Å². The van der Waals surface area contributed by atoms with E-state index in [1.54, 1.807) is 24.3 Å². The van der Waals surface area contributed by atoms with E-state index in [2.05, 4.69) is 17.2 Å². The largest absolute Gasteiger partial charge is 0.505 e. The Morgan fingerprint density at radius 2 is 1.70 bits per heavy atom. The van der Waals surface area contributed by atoms with Gasteiger partial charge in [0.2, 0.25) is 0 Å². The molecule has 2 aromatic rings. The molecule has 0 aliphatic rings. The van der Waals surface area contributed by atoms with Crippen LogP contribution in [0.25, 0.3) is 0 Å². The molecule has 0 aromatic heterocycles. The van der Waals surface area contributed by atoms with Crippen molar-refractivity contribution in [2.24, 2.45) is 10.2 Å². The molecule has 0 atom stereocenters. The van der Waals surface area contributed by atoms with Crippen molar-refractivity contribution in [1.29, 1.82) is 0 Å². The molecule has 0 radical (unpaired) electrons. The normalized spacial score (nSPS) is 11.0. The standard InChI is InChI=1S/C20H25N3O4/c1-2-3-4-5-6-9-14-27-16-12-13-18(20(24)15-16)22-21-17-10-7-8-11-19(17)23(25)26/h7-8,10-13,15,24H,2-6,9,14H2,1H3. The van der Waals surface area contributed by atoms with Crippen LogP contribution in [0.15, 0.2) is 52.7 Å². The molecule has 0 heterocycles. The number of rotatable bonds is 11. The number of benzene rings is 2. The van der Waals surface area contributed by atoms with Gasteiger partial charge in [0.15, 0.2) is 5.69 Å². The minimum Gasteiger partial charge on any atom is -0.505 e. The molecule has 0 bridgehead atoms. The van der Waals surface area contributed by atoms with Crippen LogP contribution in [-0.4, -0.2) is 16.6 Å². The SMILES string of the molecule is CCCCCCCCOc1ccc(N=Nc2ccccc2[N+](=O)[O-])c(O)c1. The van der Waals surface area contributed by atoms with Crippen LogP contribution in [0.4, 0.5) is 17.1 Å². The first-order chi connectivity index (χ1) is 13.1. The Hall–Kier alpha value is -2.96. The second kappa shape index (κ2) is 10.9. The quantitative estimate of drug-likeness (QED) is 0.212. The molecular formula is C20H25N3O4. The number of nitrogens with zero attached hydrogens (tertiary/aromatic N) is 3. The summed E-state index contributed by atoms with van der Waals surface area (Å²) in [5.41, 5.74) is 0.213. The van der Waals surface area contributed by atoms with E-state index in [1.165, 1.54) is 43.9 Å². The van der Waals surface area contributed by atoms with Crippen molar-refractivity contribution >= 4 is 17.1 Å². The maximum atomic E-state index is 11.0. The highest BCUT2D eigenvalue weighted by molar-refractivity contribution is 5.58. The van der Waals surface area contributed by atoms with E-state index in [-0.39, 0.29) is 22.8 Å². The van der Waals surface area contributed by atoms with Crippen LogP contribution in [0.2, 0.25) is 0 Å². The van der Waals surface area contributed by atoms with Gasteiger partial charge in [-0.2, -0.15) is 0 Å². The van der Waals surface area contributed by atoms with E-state index in [0.29, 0.717) is 12.4 Å². The van der Waals surface area contributed by atoms with Crippen molar-refractivity contribution in [3.05, 3.63) is 52.6 Å². The number of hydrogen-bond donors (Lipinski definition) is 1. The van der Waals surface area contributed by atoms with Crippen LogP contribution in [0.3, 0.4) is 0 Å². The first kappa shape index (κ1) is 20.4. The average Bonchev–Trinajstić information content (AvgIpc) is 2.66. The Labute approximate surface area is 158 Å². The summed E-state index contributed by atoms with van der Waals surface area (Å²) in [4.78, 5) is 10.5. The molecule has 0 saturated carbocycles.